The molecule has 0 fully saturated rings. The van der Waals surface area contributed by atoms with Crippen LogP contribution >= 0.6 is 0 Å². The molecule has 0 radical (unpaired) electrons. The van der Waals surface area contributed by atoms with Gasteiger partial charge in [-0.1, -0.05) is 297 Å². The fraction of sp³-hybridized carbons (Fsp3) is 1.00. The monoisotopic (exact) mass is 746 g/mol. The van der Waals surface area contributed by atoms with Crippen molar-refractivity contribution in [3.8, 4) is 0 Å². The van der Waals surface area contributed by atoms with E-state index in [1.54, 1.807) is 0 Å². The maximum atomic E-state index is 2.88. The highest BCUT2D eigenvalue weighted by Gasteiger charge is 2.06. The van der Waals surface area contributed by atoms with Crippen molar-refractivity contribution in [3.05, 3.63) is 0 Å². The Balaban J connectivity index is 3.92. The van der Waals surface area contributed by atoms with Crippen LogP contribution in [0.4, 0.5) is 0 Å². The molecule has 53 heavy (non-hydrogen) atoms. The second-order valence-electron chi connectivity index (χ2n) is 18.0. The first-order chi connectivity index (χ1) is 26.3. The largest absolute Gasteiger partial charge is 0.303 e. The highest BCUT2D eigenvalue weighted by molar-refractivity contribution is 4.61. The Labute approximate surface area is 339 Å². The van der Waals surface area contributed by atoms with E-state index in [4.69, 9.17) is 0 Å². The number of rotatable bonds is 49. The van der Waals surface area contributed by atoms with Crippen LogP contribution in [0.1, 0.15) is 316 Å². The zero-order chi connectivity index (χ0) is 38.2. The Morgan fingerprint density at radius 2 is 0.264 bits per heavy atom. The molecule has 0 saturated heterocycles. The molecule has 0 aromatic heterocycles. The molecule has 0 saturated carbocycles. The van der Waals surface area contributed by atoms with Crippen LogP contribution in [0.15, 0.2) is 0 Å². The van der Waals surface area contributed by atoms with E-state index in [2.05, 4.69) is 25.7 Å². The van der Waals surface area contributed by atoms with Crippen LogP contribution in [0.25, 0.3) is 0 Å². The topological polar surface area (TPSA) is 3.24 Å². The van der Waals surface area contributed by atoms with E-state index in [-0.39, 0.29) is 0 Å². The van der Waals surface area contributed by atoms with Crippen LogP contribution in [-0.2, 0) is 0 Å². The van der Waals surface area contributed by atoms with E-state index in [1.807, 2.05) is 0 Å². The molecule has 0 heterocycles. The van der Waals surface area contributed by atoms with E-state index in [0.29, 0.717) is 0 Å². The van der Waals surface area contributed by atoms with E-state index >= 15 is 0 Å². The fourth-order valence-corrected chi connectivity index (χ4v) is 8.63. The molecular formula is C52H107N. The summed E-state index contributed by atoms with van der Waals surface area (Å²) >= 11 is 0. The molecule has 0 N–H and O–H groups in total. The maximum Gasteiger partial charge on any atom is -0.00187 e. The lowest BCUT2D eigenvalue weighted by Crippen LogP contribution is -2.27. The molecule has 0 aliphatic carbocycles. The summed E-state index contributed by atoms with van der Waals surface area (Å²) in [7, 11) is 0. The van der Waals surface area contributed by atoms with E-state index in [9.17, 15) is 0 Å². The minimum Gasteiger partial charge on any atom is -0.303 e. The van der Waals surface area contributed by atoms with Gasteiger partial charge in [0, 0.05) is 0 Å². The molecule has 0 bridgehead atoms. The van der Waals surface area contributed by atoms with Gasteiger partial charge < -0.3 is 4.90 Å². The first kappa shape index (κ1) is 53.0. The maximum absolute atomic E-state index is 2.88. The summed E-state index contributed by atoms with van der Waals surface area (Å²) in [5, 5.41) is 0. The van der Waals surface area contributed by atoms with Crippen molar-refractivity contribution in [1.29, 1.82) is 0 Å². The zero-order valence-electron chi connectivity index (χ0n) is 38.1. The van der Waals surface area contributed by atoms with Crippen molar-refractivity contribution in [3.63, 3.8) is 0 Å². The summed E-state index contributed by atoms with van der Waals surface area (Å²) in [6, 6.07) is 0. The summed E-state index contributed by atoms with van der Waals surface area (Å²) in [6.45, 7) is 11.1. The molecule has 0 aliphatic rings. The van der Waals surface area contributed by atoms with Crippen molar-refractivity contribution in [2.45, 2.75) is 316 Å². The van der Waals surface area contributed by atoms with Gasteiger partial charge in [-0.25, -0.2) is 0 Å². The Bertz CT molecular complexity index is 568. The minimum atomic E-state index is 1.37. The number of hydrogen-bond acceptors (Lipinski definition) is 1. The molecule has 0 aromatic rings. The second-order valence-corrected chi connectivity index (χ2v) is 18.0. The quantitative estimate of drug-likeness (QED) is 0.0561. The predicted molar refractivity (Wildman–Crippen MR) is 246 cm³/mol. The van der Waals surface area contributed by atoms with Crippen LogP contribution in [0.2, 0.25) is 0 Å². The van der Waals surface area contributed by atoms with Crippen molar-refractivity contribution < 1.29 is 0 Å². The molecule has 0 rings (SSSR count). The van der Waals surface area contributed by atoms with Gasteiger partial charge in [-0.3, -0.25) is 0 Å². The van der Waals surface area contributed by atoms with Crippen LogP contribution in [0.5, 0.6) is 0 Å². The second kappa shape index (κ2) is 50.0. The molecule has 1 heteroatoms. The summed E-state index contributed by atoms with van der Waals surface area (Å²) in [4.78, 5) is 2.88. The van der Waals surface area contributed by atoms with Gasteiger partial charge in [0.2, 0.25) is 0 Å². The highest BCUT2D eigenvalue weighted by Crippen LogP contribution is 2.17. The molecule has 320 valence electrons. The average molecular weight is 746 g/mol. The summed E-state index contributed by atoms with van der Waals surface area (Å²) in [5.74, 6) is 0. The molecule has 0 aliphatic heterocycles. The summed E-state index contributed by atoms with van der Waals surface area (Å²) in [6.07, 6.45) is 67.5. The van der Waals surface area contributed by atoms with Gasteiger partial charge in [0.1, 0.15) is 0 Å². The molecule has 1 nitrogen and oxygen atoms in total. The van der Waals surface area contributed by atoms with E-state index in [1.165, 1.54) is 315 Å². The Morgan fingerprint density at radius 3 is 0.396 bits per heavy atom. The Morgan fingerprint density at radius 1 is 0.151 bits per heavy atom. The SMILES string of the molecule is CCCCCCCCCCCCCCCCCCCCN(CCCCCCCCCCCCCCCC)CCCCCCCCCCCCCCCC. The molecule has 0 atom stereocenters. The van der Waals surface area contributed by atoms with Crippen LogP contribution < -0.4 is 0 Å². The molecule has 0 amide bonds. The van der Waals surface area contributed by atoms with Gasteiger partial charge in [-0.2, -0.15) is 0 Å². The standard InChI is InChI=1S/C52H107N/c1-4-7-10-13-16-19-22-25-28-29-30-31-34-37-40-43-46-49-52-53(50-47-44-41-38-35-32-26-23-20-17-14-11-8-5-2)51-48-45-42-39-36-33-27-24-21-18-15-12-9-6-3/h4-52H2,1-3H3. The lowest BCUT2D eigenvalue weighted by atomic mass is 10.0. The lowest BCUT2D eigenvalue weighted by Gasteiger charge is -2.22. The summed E-state index contributed by atoms with van der Waals surface area (Å²) in [5.41, 5.74) is 0. The molecular weight excluding hydrogens is 639 g/mol. The smallest absolute Gasteiger partial charge is 0.00187 e. The first-order valence-corrected chi connectivity index (χ1v) is 26.1. The van der Waals surface area contributed by atoms with Crippen molar-refractivity contribution in [2.24, 2.45) is 0 Å². The lowest BCUT2D eigenvalue weighted by molar-refractivity contribution is 0.254. The Hall–Kier alpha value is -0.0400. The van der Waals surface area contributed by atoms with Crippen LogP contribution in [-0.4, -0.2) is 24.5 Å². The van der Waals surface area contributed by atoms with Crippen LogP contribution in [0.3, 0.4) is 0 Å². The van der Waals surface area contributed by atoms with Gasteiger partial charge in [0.25, 0.3) is 0 Å². The van der Waals surface area contributed by atoms with Gasteiger partial charge in [-0.15, -0.1) is 0 Å². The van der Waals surface area contributed by atoms with Crippen molar-refractivity contribution in [2.75, 3.05) is 19.6 Å². The van der Waals surface area contributed by atoms with Gasteiger partial charge in [0.05, 0.1) is 0 Å². The highest BCUT2D eigenvalue weighted by atomic mass is 15.1. The molecule has 0 spiro atoms. The van der Waals surface area contributed by atoms with Crippen molar-refractivity contribution >= 4 is 0 Å². The van der Waals surface area contributed by atoms with Gasteiger partial charge in [-0.05, 0) is 38.9 Å². The van der Waals surface area contributed by atoms with Gasteiger partial charge in [0.15, 0.2) is 0 Å². The van der Waals surface area contributed by atoms with Gasteiger partial charge >= 0.3 is 0 Å². The average Bonchev–Trinajstić information content (AvgIpc) is 3.17. The fourth-order valence-electron chi connectivity index (χ4n) is 8.63. The number of hydrogen-bond donors (Lipinski definition) is 0. The van der Waals surface area contributed by atoms with Crippen LogP contribution in [0, 0.1) is 0 Å². The van der Waals surface area contributed by atoms with Crippen molar-refractivity contribution in [1.82, 2.24) is 4.90 Å². The molecule has 0 unspecified atom stereocenters. The summed E-state index contributed by atoms with van der Waals surface area (Å²) < 4.78 is 0. The molecule has 0 aromatic carbocycles. The number of unbranched alkanes of at least 4 members (excludes halogenated alkanes) is 43. The normalized spacial score (nSPS) is 11.8. The third kappa shape index (κ3) is 48.0. The minimum absolute atomic E-state index is 1.37. The van der Waals surface area contributed by atoms with E-state index in [0.717, 1.165) is 0 Å². The predicted octanol–water partition coefficient (Wildman–Crippen LogP) is 19.3. The zero-order valence-corrected chi connectivity index (χ0v) is 38.1. The number of nitrogens with zero attached hydrogens (tertiary/aromatic N) is 1. The first-order valence-electron chi connectivity index (χ1n) is 26.1. The Kier molecular flexibility index (Phi) is 49.9. The van der Waals surface area contributed by atoms with E-state index < -0.39 is 0 Å². The third-order valence-electron chi connectivity index (χ3n) is 12.5. The third-order valence-corrected chi connectivity index (χ3v) is 12.5.